The largest absolute Gasteiger partial charge is 0.382 e. The summed E-state index contributed by atoms with van der Waals surface area (Å²) in [5, 5.41) is 6.13. The van der Waals surface area contributed by atoms with Gasteiger partial charge in [0.2, 0.25) is 0 Å². The zero-order valence-corrected chi connectivity index (χ0v) is 12.3. The lowest BCUT2D eigenvalue weighted by molar-refractivity contribution is 0.0918. The Kier molecular flexibility index (Phi) is 7.43. The molecule has 0 atom stereocenters. The van der Waals surface area contributed by atoms with E-state index < -0.39 is 0 Å². The number of carbonyl (C=O) groups excluding carboxylic acids is 1. The van der Waals surface area contributed by atoms with Crippen LogP contribution in [0.3, 0.4) is 0 Å². The van der Waals surface area contributed by atoms with Crippen molar-refractivity contribution >= 4 is 11.6 Å². The van der Waals surface area contributed by atoms with Gasteiger partial charge in [-0.05, 0) is 32.4 Å². The van der Waals surface area contributed by atoms with Crippen molar-refractivity contribution in [3.05, 3.63) is 42.5 Å². The Morgan fingerprint density at radius 3 is 2.80 bits per heavy atom. The third-order valence-corrected chi connectivity index (χ3v) is 2.61. The van der Waals surface area contributed by atoms with Gasteiger partial charge in [0.15, 0.2) is 0 Å². The molecule has 0 spiro atoms. The van der Waals surface area contributed by atoms with Crippen LogP contribution in [0.5, 0.6) is 0 Å². The first kappa shape index (κ1) is 16.2. The summed E-state index contributed by atoms with van der Waals surface area (Å²) in [4.78, 5) is 12.1. The molecule has 0 heterocycles. The summed E-state index contributed by atoms with van der Waals surface area (Å²) < 4.78 is 5.35. The zero-order chi connectivity index (χ0) is 14.8. The van der Waals surface area contributed by atoms with Crippen molar-refractivity contribution in [1.82, 2.24) is 5.32 Å². The quantitative estimate of drug-likeness (QED) is 0.538. The molecule has 4 heteroatoms. The molecule has 2 N–H and O–H groups in total. The highest BCUT2D eigenvalue weighted by Gasteiger charge is 2.10. The Morgan fingerprint density at radius 1 is 1.35 bits per heavy atom. The molecule has 4 nitrogen and oxygen atoms in total. The van der Waals surface area contributed by atoms with Gasteiger partial charge in [-0.3, -0.25) is 4.79 Å². The molecule has 0 radical (unpaired) electrons. The van der Waals surface area contributed by atoms with Gasteiger partial charge >= 0.3 is 0 Å². The molecule has 110 valence electrons. The predicted molar refractivity (Wildman–Crippen MR) is 83.2 cm³/mol. The number of para-hydroxylation sites is 1. The molecule has 0 aromatic heterocycles. The molecule has 0 aliphatic heterocycles. The van der Waals surface area contributed by atoms with Crippen LogP contribution < -0.4 is 10.6 Å². The second kappa shape index (κ2) is 9.15. The average Bonchev–Trinajstić information content (AvgIpc) is 2.42. The Morgan fingerprint density at radius 2 is 2.10 bits per heavy atom. The van der Waals surface area contributed by atoms with Crippen molar-refractivity contribution in [3.8, 4) is 0 Å². The molecular formula is C16H24N2O2. The number of anilines is 1. The SMILES string of the molecule is C=CCCOCCNC(=O)c1ccccc1NC(C)C. The lowest BCUT2D eigenvalue weighted by atomic mass is 10.1. The van der Waals surface area contributed by atoms with Crippen molar-refractivity contribution < 1.29 is 9.53 Å². The second-order valence-corrected chi connectivity index (χ2v) is 4.79. The van der Waals surface area contributed by atoms with Gasteiger partial charge in [-0.25, -0.2) is 0 Å². The number of rotatable bonds is 9. The Labute approximate surface area is 121 Å². The standard InChI is InChI=1S/C16H24N2O2/c1-4-5-11-20-12-10-17-16(19)14-8-6-7-9-15(14)18-13(2)3/h4,6-9,13,18H,1,5,10-12H2,2-3H3,(H,17,19). The molecule has 1 aromatic rings. The fraction of sp³-hybridized carbons (Fsp3) is 0.438. The first-order chi connectivity index (χ1) is 9.65. The van der Waals surface area contributed by atoms with Gasteiger partial charge in [-0.1, -0.05) is 18.2 Å². The summed E-state index contributed by atoms with van der Waals surface area (Å²) in [6.07, 6.45) is 2.64. The summed E-state index contributed by atoms with van der Waals surface area (Å²) >= 11 is 0. The van der Waals surface area contributed by atoms with Crippen molar-refractivity contribution in [2.45, 2.75) is 26.3 Å². The summed E-state index contributed by atoms with van der Waals surface area (Å²) in [5.74, 6) is -0.0823. The van der Waals surface area contributed by atoms with E-state index in [1.807, 2.05) is 44.2 Å². The first-order valence-electron chi connectivity index (χ1n) is 6.97. The lowest BCUT2D eigenvalue weighted by Gasteiger charge is -2.14. The van der Waals surface area contributed by atoms with Gasteiger partial charge in [-0.2, -0.15) is 0 Å². The van der Waals surface area contributed by atoms with Crippen molar-refractivity contribution in [2.24, 2.45) is 0 Å². The minimum Gasteiger partial charge on any atom is -0.382 e. The maximum absolute atomic E-state index is 12.1. The monoisotopic (exact) mass is 276 g/mol. The topological polar surface area (TPSA) is 50.4 Å². The van der Waals surface area contributed by atoms with E-state index in [1.54, 1.807) is 0 Å². The molecule has 0 aliphatic carbocycles. The van der Waals surface area contributed by atoms with E-state index in [0.717, 1.165) is 12.1 Å². The summed E-state index contributed by atoms with van der Waals surface area (Å²) in [7, 11) is 0. The van der Waals surface area contributed by atoms with Crippen LogP contribution in [0.2, 0.25) is 0 Å². The first-order valence-corrected chi connectivity index (χ1v) is 6.97. The van der Waals surface area contributed by atoms with Crippen molar-refractivity contribution in [3.63, 3.8) is 0 Å². The van der Waals surface area contributed by atoms with E-state index in [-0.39, 0.29) is 11.9 Å². The lowest BCUT2D eigenvalue weighted by Crippen LogP contribution is -2.28. The van der Waals surface area contributed by atoms with Crippen LogP contribution in [0.1, 0.15) is 30.6 Å². The van der Waals surface area contributed by atoms with Crippen molar-refractivity contribution in [2.75, 3.05) is 25.1 Å². The van der Waals surface area contributed by atoms with E-state index in [4.69, 9.17) is 4.74 Å². The molecule has 1 amide bonds. The predicted octanol–water partition coefficient (Wildman–Crippen LogP) is 2.83. The number of carbonyl (C=O) groups is 1. The van der Waals surface area contributed by atoms with E-state index in [1.165, 1.54) is 0 Å². The van der Waals surface area contributed by atoms with Gasteiger partial charge in [0.25, 0.3) is 5.91 Å². The van der Waals surface area contributed by atoms with Crippen LogP contribution in [0.15, 0.2) is 36.9 Å². The molecule has 0 unspecified atom stereocenters. The molecule has 0 aliphatic rings. The number of hydrogen-bond donors (Lipinski definition) is 2. The van der Waals surface area contributed by atoms with Gasteiger partial charge in [-0.15, -0.1) is 6.58 Å². The van der Waals surface area contributed by atoms with Crippen LogP contribution in [0.25, 0.3) is 0 Å². The Balaban J connectivity index is 2.44. The molecule has 1 aromatic carbocycles. The molecule has 1 rings (SSSR count). The van der Waals surface area contributed by atoms with Crippen LogP contribution in [0, 0.1) is 0 Å². The zero-order valence-electron chi connectivity index (χ0n) is 12.3. The van der Waals surface area contributed by atoms with Gasteiger partial charge in [0, 0.05) is 18.3 Å². The minimum atomic E-state index is -0.0823. The normalized spacial score (nSPS) is 10.3. The van der Waals surface area contributed by atoms with E-state index >= 15 is 0 Å². The maximum atomic E-state index is 12.1. The molecule has 0 saturated carbocycles. The summed E-state index contributed by atoms with van der Waals surface area (Å²) in [5.41, 5.74) is 1.51. The molecule has 20 heavy (non-hydrogen) atoms. The van der Waals surface area contributed by atoms with Gasteiger partial charge < -0.3 is 15.4 Å². The number of hydrogen-bond acceptors (Lipinski definition) is 3. The Bertz CT molecular complexity index is 430. The third kappa shape index (κ3) is 5.89. The maximum Gasteiger partial charge on any atom is 0.253 e. The average molecular weight is 276 g/mol. The summed E-state index contributed by atoms with van der Waals surface area (Å²) in [6, 6.07) is 7.79. The number of ether oxygens (including phenoxy) is 1. The number of nitrogens with one attached hydrogen (secondary N) is 2. The highest BCUT2D eigenvalue weighted by Crippen LogP contribution is 2.15. The van der Waals surface area contributed by atoms with Gasteiger partial charge in [0.05, 0.1) is 18.8 Å². The molecule has 0 bridgehead atoms. The molecule has 0 fully saturated rings. The van der Waals surface area contributed by atoms with Crippen LogP contribution in [-0.2, 0) is 4.74 Å². The number of benzene rings is 1. The van der Waals surface area contributed by atoms with E-state index in [2.05, 4.69) is 17.2 Å². The van der Waals surface area contributed by atoms with Crippen LogP contribution in [-0.4, -0.2) is 31.7 Å². The van der Waals surface area contributed by atoms with E-state index in [9.17, 15) is 4.79 Å². The summed E-state index contributed by atoms with van der Waals surface area (Å²) in [6.45, 7) is 9.37. The van der Waals surface area contributed by atoms with Gasteiger partial charge in [0.1, 0.15) is 0 Å². The highest BCUT2D eigenvalue weighted by atomic mass is 16.5. The van der Waals surface area contributed by atoms with Crippen LogP contribution in [0.4, 0.5) is 5.69 Å². The fourth-order valence-electron chi connectivity index (χ4n) is 1.72. The fourth-order valence-corrected chi connectivity index (χ4v) is 1.72. The van der Waals surface area contributed by atoms with Crippen LogP contribution >= 0.6 is 0 Å². The third-order valence-electron chi connectivity index (χ3n) is 2.61. The second-order valence-electron chi connectivity index (χ2n) is 4.79. The highest BCUT2D eigenvalue weighted by molar-refractivity contribution is 5.99. The molecule has 0 saturated heterocycles. The smallest absolute Gasteiger partial charge is 0.253 e. The Hall–Kier alpha value is -1.81. The minimum absolute atomic E-state index is 0.0823. The molecular weight excluding hydrogens is 252 g/mol. The van der Waals surface area contributed by atoms with E-state index in [0.29, 0.717) is 25.3 Å². The van der Waals surface area contributed by atoms with Crippen molar-refractivity contribution in [1.29, 1.82) is 0 Å². The number of amides is 1.